The fourth-order valence-corrected chi connectivity index (χ4v) is 2.44. The number of rotatable bonds is 4. The summed E-state index contributed by atoms with van der Waals surface area (Å²) in [5.41, 5.74) is 2.35. The molecule has 120 valence electrons. The van der Waals surface area contributed by atoms with E-state index in [1.54, 1.807) is 0 Å². The lowest BCUT2D eigenvalue weighted by Gasteiger charge is -2.19. The normalized spacial score (nSPS) is 21.6. The quantitative estimate of drug-likeness (QED) is 0.894. The zero-order valence-corrected chi connectivity index (χ0v) is 13.3. The molecule has 0 unspecified atom stereocenters. The molecule has 2 atom stereocenters. The lowest BCUT2D eigenvalue weighted by Crippen LogP contribution is -2.35. The second-order valence-electron chi connectivity index (χ2n) is 6.69. The van der Waals surface area contributed by atoms with Crippen molar-refractivity contribution in [3.63, 3.8) is 0 Å². The van der Waals surface area contributed by atoms with E-state index in [2.05, 4.69) is 38.2 Å². The van der Waals surface area contributed by atoms with Gasteiger partial charge in [-0.2, -0.15) is 0 Å². The van der Waals surface area contributed by atoms with Gasteiger partial charge in [0.2, 0.25) is 5.91 Å². The summed E-state index contributed by atoms with van der Waals surface area (Å²) in [6, 6.07) is 8.12. The first kappa shape index (κ1) is 16.5. The van der Waals surface area contributed by atoms with Gasteiger partial charge >= 0.3 is 5.97 Å². The van der Waals surface area contributed by atoms with Gasteiger partial charge in [0.05, 0.1) is 0 Å². The summed E-state index contributed by atoms with van der Waals surface area (Å²) in [5.74, 6) is -1.25. The van der Waals surface area contributed by atoms with Gasteiger partial charge in [-0.25, -0.2) is 4.79 Å². The van der Waals surface area contributed by atoms with Gasteiger partial charge < -0.3 is 15.2 Å². The largest absolute Gasteiger partial charge is 0.479 e. The van der Waals surface area contributed by atoms with E-state index >= 15 is 0 Å². The molecule has 0 aromatic heterocycles. The predicted molar refractivity (Wildman–Crippen MR) is 82.5 cm³/mol. The Kier molecular flexibility index (Phi) is 4.86. The molecule has 0 radical (unpaired) electrons. The molecule has 1 amide bonds. The van der Waals surface area contributed by atoms with E-state index in [9.17, 15) is 9.59 Å². The fourth-order valence-electron chi connectivity index (χ4n) is 2.44. The molecule has 1 aromatic rings. The number of nitrogens with one attached hydrogen (secondary N) is 1. The molecule has 0 aliphatic carbocycles. The van der Waals surface area contributed by atoms with Crippen LogP contribution in [0.5, 0.6) is 0 Å². The molecule has 22 heavy (non-hydrogen) atoms. The van der Waals surface area contributed by atoms with Gasteiger partial charge in [0.15, 0.2) is 6.10 Å². The average Bonchev–Trinajstić information content (AvgIpc) is 2.94. The molecule has 5 heteroatoms. The van der Waals surface area contributed by atoms with Crippen LogP contribution in [-0.2, 0) is 26.3 Å². The van der Waals surface area contributed by atoms with Gasteiger partial charge in [-0.15, -0.1) is 0 Å². The minimum absolute atomic E-state index is 0.102. The first-order chi connectivity index (χ1) is 10.3. The summed E-state index contributed by atoms with van der Waals surface area (Å²) in [6.45, 7) is 6.88. The topological polar surface area (TPSA) is 75.6 Å². The lowest BCUT2D eigenvalue weighted by molar-refractivity contribution is -0.151. The van der Waals surface area contributed by atoms with Crippen LogP contribution in [-0.4, -0.2) is 29.2 Å². The number of carbonyl (C=O) groups is 2. The van der Waals surface area contributed by atoms with Crippen molar-refractivity contribution < 1.29 is 19.4 Å². The van der Waals surface area contributed by atoms with E-state index < -0.39 is 18.2 Å². The fraction of sp³-hybridized carbons (Fsp3) is 0.529. The Morgan fingerprint density at radius 3 is 2.27 bits per heavy atom. The summed E-state index contributed by atoms with van der Waals surface area (Å²) in [5, 5.41) is 11.7. The highest BCUT2D eigenvalue weighted by atomic mass is 16.5. The van der Waals surface area contributed by atoms with Crippen LogP contribution in [0.2, 0.25) is 0 Å². The molecule has 5 nitrogen and oxygen atoms in total. The highest BCUT2D eigenvalue weighted by Crippen LogP contribution is 2.22. The zero-order chi connectivity index (χ0) is 16.3. The molecule has 1 saturated heterocycles. The van der Waals surface area contributed by atoms with Crippen molar-refractivity contribution in [2.75, 3.05) is 0 Å². The van der Waals surface area contributed by atoms with E-state index in [1.165, 1.54) is 5.56 Å². The van der Waals surface area contributed by atoms with E-state index in [1.807, 2.05) is 12.1 Å². The second-order valence-corrected chi connectivity index (χ2v) is 6.69. The minimum atomic E-state index is -1.01. The van der Waals surface area contributed by atoms with Crippen molar-refractivity contribution in [1.82, 2.24) is 5.32 Å². The van der Waals surface area contributed by atoms with Crippen LogP contribution in [0.4, 0.5) is 0 Å². The third kappa shape index (κ3) is 4.07. The van der Waals surface area contributed by atoms with Gasteiger partial charge in [0.25, 0.3) is 0 Å². The zero-order valence-electron chi connectivity index (χ0n) is 13.3. The number of carbonyl (C=O) groups excluding carboxylic acids is 1. The highest BCUT2D eigenvalue weighted by molar-refractivity contribution is 5.82. The minimum Gasteiger partial charge on any atom is -0.479 e. The van der Waals surface area contributed by atoms with E-state index in [-0.39, 0.29) is 11.3 Å². The monoisotopic (exact) mass is 305 g/mol. The van der Waals surface area contributed by atoms with E-state index in [4.69, 9.17) is 9.84 Å². The maximum absolute atomic E-state index is 12.0. The van der Waals surface area contributed by atoms with Crippen LogP contribution in [0, 0.1) is 0 Å². The van der Waals surface area contributed by atoms with Gasteiger partial charge in [-0.1, -0.05) is 45.0 Å². The number of hydrogen-bond acceptors (Lipinski definition) is 3. The van der Waals surface area contributed by atoms with Gasteiger partial charge in [0.1, 0.15) is 6.10 Å². The van der Waals surface area contributed by atoms with Crippen molar-refractivity contribution in [1.29, 1.82) is 0 Å². The summed E-state index contributed by atoms with van der Waals surface area (Å²) < 4.78 is 5.23. The number of benzene rings is 1. The first-order valence-electron chi connectivity index (χ1n) is 7.53. The van der Waals surface area contributed by atoms with Crippen molar-refractivity contribution in [2.24, 2.45) is 0 Å². The molecule has 1 aliphatic rings. The molecule has 1 fully saturated rings. The Labute approximate surface area is 130 Å². The molecule has 0 spiro atoms. The maximum atomic E-state index is 12.0. The SMILES string of the molecule is CC(C)(C)c1ccc(CNC(=O)[C@@H]2CC[C@H](C(=O)O)O2)cc1. The molecule has 1 aliphatic heterocycles. The van der Waals surface area contributed by atoms with Crippen molar-refractivity contribution in [3.05, 3.63) is 35.4 Å². The number of carboxylic acids is 1. The number of carboxylic acid groups (broad SMARTS) is 1. The third-order valence-electron chi connectivity index (χ3n) is 3.87. The van der Waals surface area contributed by atoms with Crippen molar-refractivity contribution >= 4 is 11.9 Å². The third-order valence-corrected chi connectivity index (χ3v) is 3.87. The average molecular weight is 305 g/mol. The smallest absolute Gasteiger partial charge is 0.332 e. The molecular formula is C17H23NO4. The second kappa shape index (κ2) is 6.48. The van der Waals surface area contributed by atoms with Gasteiger partial charge in [-0.3, -0.25) is 4.79 Å². The van der Waals surface area contributed by atoms with Crippen molar-refractivity contribution in [3.8, 4) is 0 Å². The van der Waals surface area contributed by atoms with E-state index in [0.717, 1.165) is 5.56 Å². The number of aliphatic carboxylic acids is 1. The Morgan fingerprint density at radius 1 is 1.18 bits per heavy atom. The molecule has 2 N–H and O–H groups in total. The van der Waals surface area contributed by atoms with Gasteiger partial charge in [-0.05, 0) is 29.4 Å². The summed E-state index contributed by atoms with van der Waals surface area (Å²) in [7, 11) is 0. The Balaban J connectivity index is 1.85. The summed E-state index contributed by atoms with van der Waals surface area (Å²) >= 11 is 0. The van der Waals surface area contributed by atoms with Crippen LogP contribution in [0.15, 0.2) is 24.3 Å². The number of hydrogen-bond donors (Lipinski definition) is 2. The molecule has 1 heterocycles. The van der Waals surface area contributed by atoms with Crippen LogP contribution >= 0.6 is 0 Å². The number of amides is 1. The molecule has 1 aromatic carbocycles. The molecule has 2 rings (SSSR count). The Morgan fingerprint density at radius 2 is 1.77 bits per heavy atom. The van der Waals surface area contributed by atoms with E-state index in [0.29, 0.717) is 19.4 Å². The molecule has 0 bridgehead atoms. The Hall–Kier alpha value is -1.88. The molecule has 0 saturated carbocycles. The van der Waals surface area contributed by atoms with Crippen LogP contribution in [0.1, 0.15) is 44.7 Å². The highest BCUT2D eigenvalue weighted by Gasteiger charge is 2.34. The Bertz CT molecular complexity index is 545. The molecular weight excluding hydrogens is 282 g/mol. The number of ether oxygens (including phenoxy) is 1. The van der Waals surface area contributed by atoms with Crippen LogP contribution in [0.25, 0.3) is 0 Å². The first-order valence-corrected chi connectivity index (χ1v) is 7.53. The predicted octanol–water partition coefficient (Wildman–Crippen LogP) is 2.23. The summed E-state index contributed by atoms with van der Waals surface area (Å²) in [4.78, 5) is 22.8. The van der Waals surface area contributed by atoms with Gasteiger partial charge in [0, 0.05) is 6.54 Å². The van der Waals surface area contributed by atoms with Crippen LogP contribution < -0.4 is 5.32 Å². The van der Waals surface area contributed by atoms with Crippen LogP contribution in [0.3, 0.4) is 0 Å². The summed E-state index contributed by atoms with van der Waals surface area (Å²) in [6.07, 6.45) is -0.684. The van der Waals surface area contributed by atoms with Crippen molar-refractivity contribution in [2.45, 2.75) is 57.8 Å². The standard InChI is InChI=1S/C17H23NO4/c1-17(2,3)12-6-4-11(5-7-12)10-18-15(19)13-8-9-14(22-13)16(20)21/h4-7,13-14H,8-10H2,1-3H3,(H,18,19)(H,20,21)/t13-,14+/m0/s1. The maximum Gasteiger partial charge on any atom is 0.332 e. The lowest BCUT2D eigenvalue weighted by atomic mass is 9.87.